The maximum Gasteiger partial charge on any atom is 0.226 e. The van der Waals surface area contributed by atoms with Gasteiger partial charge in [0.1, 0.15) is 5.78 Å². The summed E-state index contributed by atoms with van der Waals surface area (Å²) in [5, 5.41) is 3.57. The Morgan fingerprint density at radius 2 is 2.12 bits per heavy atom. The molecule has 4 nitrogen and oxygen atoms in total. The monoisotopic (exact) mass is 368 g/mol. The smallest absolute Gasteiger partial charge is 0.226 e. The van der Waals surface area contributed by atoms with Gasteiger partial charge in [-0.25, -0.2) is 4.98 Å². The van der Waals surface area contributed by atoms with Gasteiger partial charge in [0.15, 0.2) is 5.13 Å². The standard InChI is InChI=1S/C18H28N2O2S2/c1-2-3-5-13-7-9-15-16(12-13)24-18(19-15)20-17(22)10-8-14(21)6-4-11-23/h13,23H,2-12H2,1H3,(H,19,20,22)/t13-/m0/s1. The third-order valence-electron chi connectivity index (χ3n) is 4.50. The Bertz CT molecular complexity index is 557. The number of unbranched alkanes of at least 4 members (excludes halogenated alkanes) is 1. The first-order valence-electron chi connectivity index (χ1n) is 9.03. The van der Waals surface area contributed by atoms with Crippen molar-refractivity contribution in [2.45, 2.75) is 71.1 Å². The molecule has 0 aliphatic heterocycles. The van der Waals surface area contributed by atoms with Crippen molar-refractivity contribution >= 4 is 40.8 Å². The van der Waals surface area contributed by atoms with Crippen LogP contribution in [0.1, 0.15) is 68.9 Å². The van der Waals surface area contributed by atoms with Crippen molar-refractivity contribution in [3.8, 4) is 0 Å². The molecule has 1 heterocycles. The van der Waals surface area contributed by atoms with E-state index in [9.17, 15) is 9.59 Å². The average Bonchev–Trinajstić information content (AvgIpc) is 2.97. The van der Waals surface area contributed by atoms with Crippen LogP contribution < -0.4 is 5.32 Å². The highest BCUT2D eigenvalue weighted by Gasteiger charge is 2.22. The number of nitrogens with one attached hydrogen (secondary N) is 1. The molecular formula is C18H28N2O2S2. The number of rotatable bonds is 10. The quantitative estimate of drug-likeness (QED) is 0.600. The SMILES string of the molecule is CCCC[C@H]1CCc2nc(NC(=O)CCC(=O)CCCS)sc2C1. The van der Waals surface area contributed by atoms with Gasteiger partial charge >= 0.3 is 0 Å². The van der Waals surface area contributed by atoms with Crippen LogP contribution in [0.3, 0.4) is 0 Å². The van der Waals surface area contributed by atoms with Gasteiger partial charge in [-0.3, -0.25) is 9.59 Å². The Morgan fingerprint density at radius 3 is 2.88 bits per heavy atom. The van der Waals surface area contributed by atoms with Crippen molar-refractivity contribution in [3.05, 3.63) is 10.6 Å². The summed E-state index contributed by atoms with van der Waals surface area (Å²) in [7, 11) is 0. The molecule has 134 valence electrons. The number of Topliss-reactive ketones (excluding diaryl/α,β-unsaturated/α-hetero) is 1. The number of aromatic nitrogens is 1. The average molecular weight is 369 g/mol. The Morgan fingerprint density at radius 1 is 1.29 bits per heavy atom. The third-order valence-corrected chi connectivity index (χ3v) is 5.85. The molecule has 1 aliphatic rings. The fourth-order valence-electron chi connectivity index (χ4n) is 3.07. The van der Waals surface area contributed by atoms with Crippen molar-refractivity contribution < 1.29 is 9.59 Å². The highest BCUT2D eigenvalue weighted by atomic mass is 32.1. The second-order valence-electron chi connectivity index (χ2n) is 6.55. The van der Waals surface area contributed by atoms with Crippen molar-refractivity contribution in [1.29, 1.82) is 0 Å². The van der Waals surface area contributed by atoms with E-state index in [2.05, 4.69) is 29.9 Å². The van der Waals surface area contributed by atoms with Crippen LogP contribution in [0, 0.1) is 5.92 Å². The molecule has 1 N–H and O–H groups in total. The number of carbonyl (C=O) groups is 2. The van der Waals surface area contributed by atoms with E-state index in [-0.39, 0.29) is 18.1 Å². The van der Waals surface area contributed by atoms with E-state index in [1.54, 1.807) is 11.3 Å². The van der Waals surface area contributed by atoms with E-state index in [0.29, 0.717) is 23.7 Å². The highest BCUT2D eigenvalue weighted by molar-refractivity contribution is 7.80. The van der Waals surface area contributed by atoms with Crippen LogP contribution >= 0.6 is 24.0 Å². The number of fused-ring (bicyclic) bond motifs is 1. The van der Waals surface area contributed by atoms with Crippen molar-refractivity contribution in [1.82, 2.24) is 4.98 Å². The molecular weight excluding hydrogens is 340 g/mol. The molecule has 0 bridgehead atoms. The Balaban J connectivity index is 1.79. The molecule has 24 heavy (non-hydrogen) atoms. The summed E-state index contributed by atoms with van der Waals surface area (Å²) in [6.07, 6.45) is 9.03. The first-order chi connectivity index (χ1) is 11.6. The summed E-state index contributed by atoms with van der Waals surface area (Å²) in [6.45, 7) is 2.23. The summed E-state index contributed by atoms with van der Waals surface area (Å²) < 4.78 is 0. The van der Waals surface area contributed by atoms with E-state index in [4.69, 9.17) is 0 Å². The van der Waals surface area contributed by atoms with E-state index in [1.807, 2.05) is 0 Å². The number of hydrogen-bond donors (Lipinski definition) is 2. The van der Waals surface area contributed by atoms with Gasteiger partial charge in [0.2, 0.25) is 5.91 Å². The van der Waals surface area contributed by atoms with Gasteiger partial charge < -0.3 is 5.32 Å². The first-order valence-corrected chi connectivity index (χ1v) is 10.5. The second kappa shape index (κ2) is 10.2. The normalized spacial score (nSPS) is 16.7. The van der Waals surface area contributed by atoms with Crippen molar-refractivity contribution in [2.24, 2.45) is 5.92 Å². The first kappa shape index (κ1) is 19.4. The minimum atomic E-state index is -0.108. The van der Waals surface area contributed by atoms with Crippen LogP contribution in [0.5, 0.6) is 0 Å². The van der Waals surface area contributed by atoms with Crippen LogP contribution in [0.15, 0.2) is 0 Å². The summed E-state index contributed by atoms with van der Waals surface area (Å²) in [6, 6.07) is 0. The molecule has 0 fully saturated rings. The van der Waals surface area contributed by atoms with E-state index in [1.165, 1.54) is 30.6 Å². The van der Waals surface area contributed by atoms with Crippen molar-refractivity contribution in [3.63, 3.8) is 0 Å². The topological polar surface area (TPSA) is 59.1 Å². The lowest BCUT2D eigenvalue weighted by atomic mass is 9.87. The number of ketones is 1. The van der Waals surface area contributed by atoms with E-state index in [0.717, 1.165) is 30.9 Å². The number of anilines is 1. The zero-order valence-electron chi connectivity index (χ0n) is 14.5. The molecule has 1 amide bonds. The number of thiazole rings is 1. The molecule has 2 rings (SSSR count). The van der Waals surface area contributed by atoms with Gasteiger partial charge in [-0.05, 0) is 37.4 Å². The number of thiol groups is 1. The molecule has 6 heteroatoms. The largest absolute Gasteiger partial charge is 0.302 e. The van der Waals surface area contributed by atoms with Gasteiger partial charge in [0.25, 0.3) is 0 Å². The summed E-state index contributed by atoms with van der Waals surface area (Å²) in [5.41, 5.74) is 1.16. The number of nitrogens with zero attached hydrogens (tertiary/aromatic N) is 1. The van der Waals surface area contributed by atoms with E-state index < -0.39 is 0 Å². The minimum Gasteiger partial charge on any atom is -0.302 e. The fourth-order valence-corrected chi connectivity index (χ4v) is 4.37. The molecule has 0 saturated carbocycles. The zero-order chi connectivity index (χ0) is 17.4. The fraction of sp³-hybridized carbons (Fsp3) is 0.722. The number of aryl methyl sites for hydroxylation is 1. The van der Waals surface area contributed by atoms with Crippen molar-refractivity contribution in [2.75, 3.05) is 11.1 Å². The van der Waals surface area contributed by atoms with Gasteiger partial charge in [-0.1, -0.05) is 26.2 Å². The van der Waals surface area contributed by atoms with Gasteiger partial charge in [0, 0.05) is 24.1 Å². The Labute approximate surface area is 154 Å². The highest BCUT2D eigenvalue weighted by Crippen LogP contribution is 2.34. The molecule has 0 aromatic carbocycles. The molecule has 1 aromatic rings. The summed E-state index contributed by atoms with van der Waals surface area (Å²) in [4.78, 5) is 29.5. The van der Waals surface area contributed by atoms with Crippen LogP contribution in [0.25, 0.3) is 0 Å². The summed E-state index contributed by atoms with van der Waals surface area (Å²) >= 11 is 5.70. The van der Waals surface area contributed by atoms with E-state index >= 15 is 0 Å². The summed E-state index contributed by atoms with van der Waals surface area (Å²) in [5.74, 6) is 1.51. The minimum absolute atomic E-state index is 0.108. The molecule has 0 radical (unpaired) electrons. The Hall–Kier alpha value is -0.880. The molecule has 0 unspecified atom stereocenters. The lowest BCUT2D eigenvalue weighted by Crippen LogP contribution is -2.14. The lowest BCUT2D eigenvalue weighted by Gasteiger charge is -2.20. The maximum absolute atomic E-state index is 12.0. The second-order valence-corrected chi connectivity index (χ2v) is 8.08. The number of hydrogen-bond acceptors (Lipinski definition) is 5. The maximum atomic E-state index is 12.0. The zero-order valence-corrected chi connectivity index (χ0v) is 16.2. The molecule has 0 saturated heterocycles. The number of amides is 1. The van der Waals surface area contributed by atoms with Crippen LogP contribution in [-0.4, -0.2) is 22.4 Å². The third kappa shape index (κ3) is 6.20. The van der Waals surface area contributed by atoms with Gasteiger partial charge in [-0.15, -0.1) is 11.3 Å². The van der Waals surface area contributed by atoms with Gasteiger partial charge in [0.05, 0.1) is 5.69 Å². The molecule has 1 atom stereocenters. The Kier molecular flexibility index (Phi) is 8.25. The lowest BCUT2D eigenvalue weighted by molar-refractivity contribution is -0.122. The number of carbonyl (C=O) groups excluding carboxylic acids is 2. The molecule has 1 aliphatic carbocycles. The van der Waals surface area contributed by atoms with Crippen LogP contribution in [-0.2, 0) is 22.4 Å². The predicted molar refractivity (Wildman–Crippen MR) is 103 cm³/mol. The molecule has 0 spiro atoms. The molecule has 1 aromatic heterocycles. The van der Waals surface area contributed by atoms with Crippen LogP contribution in [0.4, 0.5) is 5.13 Å². The predicted octanol–water partition coefficient (Wildman–Crippen LogP) is 4.44. The van der Waals surface area contributed by atoms with Crippen LogP contribution in [0.2, 0.25) is 0 Å². The van der Waals surface area contributed by atoms with Gasteiger partial charge in [-0.2, -0.15) is 12.6 Å².